The van der Waals surface area contributed by atoms with Gasteiger partial charge in [0.1, 0.15) is 0 Å². The number of anilines is 1. The van der Waals surface area contributed by atoms with Crippen LogP contribution in [0, 0.1) is 0 Å². The van der Waals surface area contributed by atoms with Crippen molar-refractivity contribution in [3.8, 4) is 0 Å². The van der Waals surface area contributed by atoms with Crippen molar-refractivity contribution in [2.45, 2.75) is 38.5 Å². The molecule has 0 radical (unpaired) electrons. The average Bonchev–Trinajstić information content (AvgIpc) is 2.68. The molecule has 0 bridgehead atoms. The van der Waals surface area contributed by atoms with Crippen LogP contribution in [0.5, 0.6) is 0 Å². The van der Waals surface area contributed by atoms with Crippen molar-refractivity contribution in [3.63, 3.8) is 0 Å². The molecule has 0 saturated carbocycles. The number of esters is 1. The van der Waals surface area contributed by atoms with E-state index < -0.39 is 6.29 Å². The lowest BCUT2D eigenvalue weighted by Crippen LogP contribution is -2.56. The lowest BCUT2D eigenvalue weighted by atomic mass is 10.0. The summed E-state index contributed by atoms with van der Waals surface area (Å²) >= 11 is 0. The number of carbonyl (C=O) groups excluding carboxylic acids is 2. The van der Waals surface area contributed by atoms with E-state index in [1.54, 1.807) is 18.2 Å². The van der Waals surface area contributed by atoms with Gasteiger partial charge in [-0.3, -0.25) is 10.1 Å². The molecule has 1 aliphatic rings. The zero-order chi connectivity index (χ0) is 19.1. The molecule has 1 heterocycles. The Kier molecular flexibility index (Phi) is 6.44. The molecule has 1 saturated heterocycles. The minimum atomic E-state index is -0.428. The lowest BCUT2D eigenvalue weighted by Gasteiger charge is -2.32. The van der Waals surface area contributed by atoms with Gasteiger partial charge in [-0.25, -0.2) is 4.79 Å². The molecule has 1 amide bonds. The lowest BCUT2D eigenvalue weighted by molar-refractivity contribution is -0.124. The quantitative estimate of drug-likeness (QED) is 0.517. The SMILES string of the molecule is CCCCOC(=O)c1cccc(NC2NC(=O)CC(c3ccccc3)N2)c1. The monoisotopic (exact) mass is 367 g/mol. The number of hydrogen-bond acceptors (Lipinski definition) is 5. The third-order valence-electron chi connectivity index (χ3n) is 4.40. The maximum absolute atomic E-state index is 12.1. The first kappa shape index (κ1) is 18.9. The molecule has 6 heteroatoms. The number of rotatable bonds is 7. The Morgan fingerprint density at radius 2 is 2.00 bits per heavy atom. The predicted octanol–water partition coefficient (Wildman–Crippen LogP) is 3.19. The Morgan fingerprint density at radius 3 is 2.78 bits per heavy atom. The van der Waals surface area contributed by atoms with E-state index in [4.69, 9.17) is 4.74 Å². The Balaban J connectivity index is 1.65. The van der Waals surface area contributed by atoms with Crippen LogP contribution in [0.1, 0.15) is 48.1 Å². The second-order valence-corrected chi connectivity index (χ2v) is 6.55. The molecular weight excluding hydrogens is 342 g/mol. The second-order valence-electron chi connectivity index (χ2n) is 6.55. The number of ether oxygens (including phenoxy) is 1. The van der Waals surface area contributed by atoms with E-state index in [2.05, 4.69) is 16.0 Å². The molecule has 2 atom stereocenters. The van der Waals surface area contributed by atoms with Gasteiger partial charge in [0.05, 0.1) is 12.2 Å². The minimum absolute atomic E-state index is 0.0322. The molecule has 1 aliphatic heterocycles. The number of unbranched alkanes of at least 4 members (excludes halogenated alkanes) is 1. The largest absolute Gasteiger partial charge is 0.462 e. The number of carbonyl (C=O) groups is 2. The fourth-order valence-corrected chi connectivity index (χ4v) is 2.98. The Bertz CT molecular complexity index is 779. The smallest absolute Gasteiger partial charge is 0.338 e. The van der Waals surface area contributed by atoms with Crippen LogP contribution in [0.15, 0.2) is 54.6 Å². The number of nitrogens with one attached hydrogen (secondary N) is 3. The topological polar surface area (TPSA) is 79.5 Å². The molecule has 3 rings (SSSR count). The van der Waals surface area contributed by atoms with Gasteiger partial charge in [-0.15, -0.1) is 0 Å². The van der Waals surface area contributed by atoms with Crippen LogP contribution in [-0.4, -0.2) is 24.8 Å². The van der Waals surface area contributed by atoms with E-state index in [0.29, 0.717) is 18.6 Å². The Morgan fingerprint density at radius 1 is 1.19 bits per heavy atom. The predicted molar refractivity (Wildman–Crippen MR) is 104 cm³/mol. The maximum atomic E-state index is 12.1. The molecule has 6 nitrogen and oxygen atoms in total. The van der Waals surface area contributed by atoms with E-state index in [1.807, 2.05) is 43.3 Å². The van der Waals surface area contributed by atoms with Gasteiger partial charge in [0, 0.05) is 18.2 Å². The highest BCUT2D eigenvalue weighted by Crippen LogP contribution is 2.21. The van der Waals surface area contributed by atoms with Crippen LogP contribution in [0.2, 0.25) is 0 Å². The summed E-state index contributed by atoms with van der Waals surface area (Å²) < 4.78 is 5.25. The number of amides is 1. The van der Waals surface area contributed by atoms with Crippen LogP contribution in [0.4, 0.5) is 5.69 Å². The molecular formula is C21H25N3O3. The van der Waals surface area contributed by atoms with Crippen molar-refractivity contribution in [1.29, 1.82) is 0 Å². The molecule has 27 heavy (non-hydrogen) atoms. The molecule has 2 unspecified atom stereocenters. The molecule has 0 aromatic heterocycles. The summed E-state index contributed by atoms with van der Waals surface area (Å²) in [6.45, 7) is 2.47. The molecule has 142 valence electrons. The summed E-state index contributed by atoms with van der Waals surface area (Å²) in [5, 5.41) is 9.48. The zero-order valence-corrected chi connectivity index (χ0v) is 15.4. The van der Waals surface area contributed by atoms with Crippen LogP contribution in [0.25, 0.3) is 0 Å². The molecule has 0 aliphatic carbocycles. The van der Waals surface area contributed by atoms with Gasteiger partial charge < -0.3 is 15.4 Å². The summed E-state index contributed by atoms with van der Waals surface area (Å²) in [6, 6.07) is 16.9. The molecule has 1 fully saturated rings. The first-order valence-electron chi connectivity index (χ1n) is 9.30. The summed E-state index contributed by atoms with van der Waals surface area (Å²) in [6.07, 6.45) is 1.78. The highest BCUT2D eigenvalue weighted by molar-refractivity contribution is 5.90. The highest BCUT2D eigenvalue weighted by Gasteiger charge is 2.26. The summed E-state index contributed by atoms with van der Waals surface area (Å²) in [7, 11) is 0. The third-order valence-corrected chi connectivity index (χ3v) is 4.40. The maximum Gasteiger partial charge on any atom is 0.338 e. The summed E-state index contributed by atoms with van der Waals surface area (Å²) in [5.41, 5.74) is 2.27. The van der Waals surface area contributed by atoms with Crippen LogP contribution in [-0.2, 0) is 9.53 Å². The van der Waals surface area contributed by atoms with Crippen LogP contribution < -0.4 is 16.0 Å². The Labute approximate surface area is 159 Å². The van der Waals surface area contributed by atoms with Crippen molar-refractivity contribution in [2.24, 2.45) is 0 Å². The molecule has 0 spiro atoms. The van der Waals surface area contributed by atoms with E-state index in [9.17, 15) is 9.59 Å². The summed E-state index contributed by atoms with van der Waals surface area (Å²) in [4.78, 5) is 24.2. The van der Waals surface area contributed by atoms with E-state index in [0.717, 1.165) is 24.1 Å². The third kappa shape index (κ3) is 5.31. The van der Waals surface area contributed by atoms with Crippen LogP contribution >= 0.6 is 0 Å². The van der Waals surface area contributed by atoms with Gasteiger partial charge >= 0.3 is 5.97 Å². The van der Waals surface area contributed by atoms with Gasteiger partial charge in [0.25, 0.3) is 0 Å². The van der Waals surface area contributed by atoms with E-state index in [-0.39, 0.29) is 17.9 Å². The van der Waals surface area contributed by atoms with Crippen molar-refractivity contribution >= 4 is 17.6 Å². The second kappa shape index (κ2) is 9.19. The normalized spacial score (nSPS) is 19.2. The van der Waals surface area contributed by atoms with E-state index in [1.165, 1.54) is 0 Å². The number of hydrogen-bond donors (Lipinski definition) is 3. The first-order valence-corrected chi connectivity index (χ1v) is 9.30. The van der Waals surface area contributed by atoms with Gasteiger partial charge in [0.15, 0.2) is 6.29 Å². The molecule has 3 N–H and O–H groups in total. The van der Waals surface area contributed by atoms with Gasteiger partial charge in [0.2, 0.25) is 5.91 Å². The number of benzene rings is 2. The van der Waals surface area contributed by atoms with Crippen molar-refractivity contribution < 1.29 is 14.3 Å². The van der Waals surface area contributed by atoms with Crippen LogP contribution in [0.3, 0.4) is 0 Å². The van der Waals surface area contributed by atoms with Crippen molar-refractivity contribution in [3.05, 3.63) is 65.7 Å². The standard InChI is InChI=1S/C21H25N3O3/c1-2-3-12-27-20(26)16-10-7-11-17(13-16)22-21-23-18(14-19(25)24-21)15-8-5-4-6-9-15/h4-11,13,18,21-23H,2-3,12,14H2,1H3,(H,24,25). The van der Waals surface area contributed by atoms with Gasteiger partial charge in [-0.05, 0) is 30.2 Å². The minimum Gasteiger partial charge on any atom is -0.462 e. The van der Waals surface area contributed by atoms with Gasteiger partial charge in [-0.2, -0.15) is 0 Å². The zero-order valence-electron chi connectivity index (χ0n) is 15.4. The van der Waals surface area contributed by atoms with E-state index >= 15 is 0 Å². The fourth-order valence-electron chi connectivity index (χ4n) is 2.98. The summed E-state index contributed by atoms with van der Waals surface area (Å²) in [5.74, 6) is -0.370. The highest BCUT2D eigenvalue weighted by atomic mass is 16.5. The fraction of sp³-hybridized carbons (Fsp3) is 0.333. The van der Waals surface area contributed by atoms with Crippen molar-refractivity contribution in [1.82, 2.24) is 10.6 Å². The molecule has 2 aromatic rings. The average molecular weight is 367 g/mol. The van der Waals surface area contributed by atoms with Crippen molar-refractivity contribution in [2.75, 3.05) is 11.9 Å². The van der Waals surface area contributed by atoms with Gasteiger partial charge in [-0.1, -0.05) is 49.7 Å². The first-order chi connectivity index (χ1) is 13.2. The molecule has 2 aromatic carbocycles. The Hall–Kier alpha value is -2.86.